The maximum atomic E-state index is 13.3. The molecule has 0 aliphatic carbocycles. The van der Waals surface area contributed by atoms with Gasteiger partial charge in [0.05, 0.1) is 18.1 Å². The predicted octanol–water partition coefficient (Wildman–Crippen LogP) is 5.99. The van der Waals surface area contributed by atoms with Gasteiger partial charge in [0.15, 0.2) is 5.76 Å². The van der Waals surface area contributed by atoms with Crippen molar-refractivity contribution in [3.63, 3.8) is 0 Å². The predicted molar refractivity (Wildman–Crippen MR) is 125 cm³/mol. The van der Waals surface area contributed by atoms with Crippen molar-refractivity contribution < 1.29 is 18.7 Å². The van der Waals surface area contributed by atoms with Crippen LogP contribution in [0.5, 0.6) is 11.5 Å². The number of hydrogen-bond acceptors (Lipinski definition) is 5. The lowest BCUT2D eigenvalue weighted by atomic mass is 9.86. The van der Waals surface area contributed by atoms with Crippen molar-refractivity contribution in [2.75, 3.05) is 7.11 Å². The molecule has 5 nitrogen and oxygen atoms in total. The zero-order chi connectivity index (χ0) is 22.9. The van der Waals surface area contributed by atoms with Gasteiger partial charge in [0.25, 0.3) is 0 Å². The van der Waals surface area contributed by atoms with Crippen LogP contribution in [-0.4, -0.2) is 13.1 Å². The van der Waals surface area contributed by atoms with Crippen molar-refractivity contribution in [1.29, 1.82) is 0 Å². The summed E-state index contributed by atoms with van der Waals surface area (Å²) in [6.45, 7) is 6.38. The van der Waals surface area contributed by atoms with Gasteiger partial charge in [0.1, 0.15) is 11.3 Å². The Morgan fingerprint density at radius 3 is 2.16 bits per heavy atom. The lowest BCUT2D eigenvalue weighted by Crippen LogP contribution is -2.16. The SMILES string of the molecule is COc1ccc(C(=O)Oc2c(-c3ccc(C(C)(C)C)cc3)oc3ccccc3c2=O)cc1. The fraction of sp³-hybridized carbons (Fsp3) is 0.185. The van der Waals surface area contributed by atoms with Crippen LogP contribution in [0.2, 0.25) is 0 Å². The van der Waals surface area contributed by atoms with E-state index in [1.807, 2.05) is 24.3 Å². The number of methoxy groups -OCH3 is 1. The summed E-state index contributed by atoms with van der Waals surface area (Å²) in [6.07, 6.45) is 0. The van der Waals surface area contributed by atoms with Gasteiger partial charge in [-0.25, -0.2) is 4.79 Å². The van der Waals surface area contributed by atoms with Gasteiger partial charge in [0.2, 0.25) is 11.2 Å². The molecule has 1 aromatic heterocycles. The highest BCUT2D eigenvalue weighted by atomic mass is 16.5. The number of carbonyl (C=O) groups is 1. The number of ether oxygens (including phenoxy) is 2. The van der Waals surface area contributed by atoms with Crippen LogP contribution in [0.1, 0.15) is 36.7 Å². The second-order valence-corrected chi connectivity index (χ2v) is 8.53. The molecule has 0 radical (unpaired) electrons. The van der Waals surface area contributed by atoms with Crippen LogP contribution < -0.4 is 14.9 Å². The molecule has 5 heteroatoms. The Hall–Kier alpha value is -3.86. The number of benzene rings is 3. The molecule has 0 aliphatic rings. The third-order valence-electron chi connectivity index (χ3n) is 5.29. The highest BCUT2D eigenvalue weighted by molar-refractivity contribution is 5.93. The number of rotatable bonds is 4. The average molecular weight is 428 g/mol. The first-order chi connectivity index (χ1) is 15.3. The van der Waals surface area contributed by atoms with Gasteiger partial charge in [-0.05, 0) is 47.4 Å². The minimum atomic E-state index is -0.650. The maximum absolute atomic E-state index is 13.3. The summed E-state index contributed by atoms with van der Waals surface area (Å²) in [5.41, 5.74) is 2.10. The number of fused-ring (bicyclic) bond motifs is 1. The van der Waals surface area contributed by atoms with Gasteiger partial charge in [-0.1, -0.05) is 57.2 Å². The fourth-order valence-corrected chi connectivity index (χ4v) is 3.41. The molecule has 3 aromatic carbocycles. The van der Waals surface area contributed by atoms with E-state index < -0.39 is 11.4 Å². The first-order valence-electron chi connectivity index (χ1n) is 10.3. The second kappa shape index (κ2) is 8.35. The molecule has 0 aliphatic heterocycles. The van der Waals surface area contributed by atoms with E-state index in [1.165, 1.54) is 0 Å². The lowest BCUT2D eigenvalue weighted by molar-refractivity contribution is 0.0731. The zero-order valence-corrected chi connectivity index (χ0v) is 18.5. The molecule has 0 fully saturated rings. The maximum Gasteiger partial charge on any atom is 0.343 e. The van der Waals surface area contributed by atoms with E-state index in [4.69, 9.17) is 13.9 Å². The van der Waals surface area contributed by atoms with Crippen molar-refractivity contribution in [2.45, 2.75) is 26.2 Å². The largest absolute Gasteiger partial charge is 0.497 e. The minimum absolute atomic E-state index is 0.0214. The summed E-state index contributed by atoms with van der Waals surface area (Å²) < 4.78 is 16.8. The molecule has 4 aromatic rings. The summed E-state index contributed by atoms with van der Waals surface area (Å²) in [4.78, 5) is 26.1. The van der Waals surface area contributed by atoms with E-state index in [9.17, 15) is 9.59 Å². The Bertz CT molecular complexity index is 1320. The monoisotopic (exact) mass is 428 g/mol. The van der Waals surface area contributed by atoms with Crippen molar-refractivity contribution in [1.82, 2.24) is 0 Å². The van der Waals surface area contributed by atoms with E-state index in [2.05, 4.69) is 20.8 Å². The lowest BCUT2D eigenvalue weighted by Gasteiger charge is -2.19. The van der Waals surface area contributed by atoms with E-state index in [0.717, 1.165) is 5.56 Å². The van der Waals surface area contributed by atoms with Crippen LogP contribution >= 0.6 is 0 Å². The topological polar surface area (TPSA) is 65.7 Å². The van der Waals surface area contributed by atoms with Crippen LogP contribution in [0.3, 0.4) is 0 Å². The highest BCUT2D eigenvalue weighted by Gasteiger charge is 2.22. The molecule has 0 atom stereocenters. The standard InChI is InChI=1S/C27H24O5/c1-27(2,3)19-13-9-17(10-14-19)24-25(23(28)21-7-5-6-8-22(21)31-24)32-26(29)18-11-15-20(30-4)16-12-18/h5-16H,1-4H3. The molecule has 0 N–H and O–H groups in total. The summed E-state index contributed by atoms with van der Waals surface area (Å²) in [5.74, 6) is 0.0539. The molecule has 162 valence electrons. The van der Waals surface area contributed by atoms with Crippen molar-refractivity contribution in [3.05, 3.63) is 94.1 Å². The smallest absolute Gasteiger partial charge is 0.343 e. The van der Waals surface area contributed by atoms with Crippen LogP contribution in [0.25, 0.3) is 22.3 Å². The molecule has 0 unspecified atom stereocenters. The summed E-state index contributed by atoms with van der Waals surface area (Å²) in [7, 11) is 1.55. The normalized spacial score (nSPS) is 11.4. The molecule has 0 amide bonds. The molecule has 32 heavy (non-hydrogen) atoms. The Morgan fingerprint density at radius 2 is 1.53 bits per heavy atom. The number of carbonyl (C=O) groups excluding carboxylic acids is 1. The average Bonchev–Trinajstić information content (AvgIpc) is 2.80. The van der Waals surface area contributed by atoms with E-state index in [-0.39, 0.29) is 16.9 Å². The Morgan fingerprint density at radius 1 is 0.875 bits per heavy atom. The number of hydrogen-bond donors (Lipinski definition) is 0. The Labute approximate surface area is 186 Å². The second-order valence-electron chi connectivity index (χ2n) is 8.53. The number of esters is 1. The summed E-state index contributed by atoms with van der Waals surface area (Å²) in [6, 6.07) is 21.1. The zero-order valence-electron chi connectivity index (χ0n) is 18.5. The fourth-order valence-electron chi connectivity index (χ4n) is 3.41. The summed E-state index contributed by atoms with van der Waals surface area (Å²) in [5, 5.41) is 0.347. The van der Waals surface area contributed by atoms with Crippen molar-refractivity contribution in [2.24, 2.45) is 0 Å². The van der Waals surface area contributed by atoms with E-state index >= 15 is 0 Å². The van der Waals surface area contributed by atoms with Gasteiger partial charge in [-0.3, -0.25) is 4.79 Å². The third kappa shape index (κ3) is 4.14. The molecule has 1 heterocycles. The van der Waals surface area contributed by atoms with Crippen LogP contribution in [0, 0.1) is 0 Å². The van der Waals surface area contributed by atoms with Gasteiger partial charge >= 0.3 is 5.97 Å². The molecule has 4 rings (SSSR count). The first-order valence-corrected chi connectivity index (χ1v) is 10.3. The molecular formula is C27H24O5. The van der Waals surface area contributed by atoms with Crippen molar-refractivity contribution >= 4 is 16.9 Å². The molecule has 0 saturated heterocycles. The summed E-state index contributed by atoms with van der Waals surface area (Å²) >= 11 is 0. The van der Waals surface area contributed by atoms with Gasteiger partial charge < -0.3 is 13.9 Å². The quantitative estimate of drug-likeness (QED) is 0.374. The van der Waals surface area contributed by atoms with E-state index in [1.54, 1.807) is 55.6 Å². The van der Waals surface area contributed by atoms with E-state index in [0.29, 0.717) is 27.8 Å². The van der Waals surface area contributed by atoms with Crippen LogP contribution in [-0.2, 0) is 5.41 Å². The van der Waals surface area contributed by atoms with Gasteiger partial charge in [0, 0.05) is 5.56 Å². The van der Waals surface area contributed by atoms with Crippen LogP contribution in [0.15, 0.2) is 82.0 Å². The van der Waals surface area contributed by atoms with Crippen LogP contribution in [0.4, 0.5) is 0 Å². The van der Waals surface area contributed by atoms with Gasteiger partial charge in [-0.15, -0.1) is 0 Å². The van der Waals surface area contributed by atoms with Gasteiger partial charge in [-0.2, -0.15) is 0 Å². The number of para-hydroxylation sites is 1. The third-order valence-corrected chi connectivity index (χ3v) is 5.29. The molecular weight excluding hydrogens is 404 g/mol. The van der Waals surface area contributed by atoms with Crippen molar-refractivity contribution in [3.8, 4) is 22.8 Å². The minimum Gasteiger partial charge on any atom is -0.497 e. The molecule has 0 spiro atoms. The molecule has 0 bridgehead atoms. The highest BCUT2D eigenvalue weighted by Crippen LogP contribution is 2.33. The Kier molecular flexibility index (Phi) is 5.57. The molecule has 0 saturated carbocycles. The Balaban J connectivity index is 1.82. The first kappa shape index (κ1) is 21.4.